The molecule has 0 aliphatic rings. The largest absolute Gasteiger partial charge is 0.399 e. The number of hydrogen-bond donors (Lipinski definition) is 2. The molecule has 114 valence electrons. The topological polar surface area (TPSA) is 59.8 Å². The lowest BCUT2D eigenvalue weighted by molar-refractivity contribution is 0.0462. The molecule has 1 rings (SSSR count). The molecule has 0 saturated heterocycles. The number of anilines is 2. The highest BCUT2D eigenvalue weighted by Gasteiger charge is 1.96. The summed E-state index contributed by atoms with van der Waals surface area (Å²) in [5.41, 5.74) is 8.75. The number of likely N-dealkylation sites (N-methyl/N-ethyl adjacent to an activating group) is 1. The first-order valence-electron chi connectivity index (χ1n) is 7.00. The molecule has 0 radical (unpaired) electrons. The monoisotopic (exact) mass is 281 g/mol. The highest BCUT2D eigenvalue weighted by Crippen LogP contribution is 2.15. The Morgan fingerprint density at radius 2 is 1.80 bits per heavy atom. The van der Waals surface area contributed by atoms with Crippen LogP contribution in [0.2, 0.25) is 0 Å². The van der Waals surface area contributed by atoms with E-state index in [2.05, 4.69) is 10.2 Å². The molecule has 0 bridgehead atoms. The Morgan fingerprint density at radius 3 is 2.45 bits per heavy atom. The van der Waals surface area contributed by atoms with Gasteiger partial charge in [0.05, 0.1) is 26.4 Å². The van der Waals surface area contributed by atoms with Crippen LogP contribution >= 0.6 is 0 Å². The average molecular weight is 281 g/mol. The van der Waals surface area contributed by atoms with Gasteiger partial charge in [0, 0.05) is 24.5 Å². The molecule has 0 unspecified atom stereocenters. The van der Waals surface area contributed by atoms with Crippen molar-refractivity contribution in [2.45, 2.75) is 6.92 Å². The van der Waals surface area contributed by atoms with Gasteiger partial charge in [0.1, 0.15) is 0 Å². The Balaban J connectivity index is 1.98. The Bertz CT molecular complexity index is 383. The van der Waals surface area contributed by atoms with E-state index < -0.39 is 0 Å². The molecule has 0 aliphatic heterocycles. The number of nitrogens with zero attached hydrogens (tertiary/aromatic N) is 1. The van der Waals surface area contributed by atoms with Crippen molar-refractivity contribution < 1.29 is 9.47 Å². The molecule has 0 aliphatic carbocycles. The fourth-order valence-corrected chi connectivity index (χ4v) is 1.62. The molecule has 3 N–H and O–H groups in total. The van der Waals surface area contributed by atoms with Crippen LogP contribution in [-0.2, 0) is 9.47 Å². The van der Waals surface area contributed by atoms with Gasteiger partial charge in [0.15, 0.2) is 0 Å². The zero-order chi connectivity index (χ0) is 14.8. The van der Waals surface area contributed by atoms with E-state index in [0.717, 1.165) is 36.6 Å². The van der Waals surface area contributed by atoms with Crippen molar-refractivity contribution in [3.8, 4) is 0 Å². The van der Waals surface area contributed by atoms with Crippen LogP contribution < -0.4 is 11.1 Å². The predicted octanol–water partition coefficient (Wildman–Crippen LogP) is 1.58. The van der Waals surface area contributed by atoms with E-state index in [4.69, 9.17) is 15.2 Å². The maximum absolute atomic E-state index is 5.77. The van der Waals surface area contributed by atoms with Crippen molar-refractivity contribution >= 4 is 11.4 Å². The summed E-state index contributed by atoms with van der Waals surface area (Å²) in [4.78, 5) is 2.10. The number of nitrogens with one attached hydrogen (secondary N) is 1. The van der Waals surface area contributed by atoms with Gasteiger partial charge in [-0.2, -0.15) is 0 Å². The van der Waals surface area contributed by atoms with Crippen LogP contribution in [0.4, 0.5) is 11.4 Å². The summed E-state index contributed by atoms with van der Waals surface area (Å²) >= 11 is 0. The molecule has 5 nitrogen and oxygen atoms in total. The smallest absolute Gasteiger partial charge is 0.0701 e. The number of benzene rings is 1. The van der Waals surface area contributed by atoms with E-state index in [1.165, 1.54) is 0 Å². The molecular formula is C15H27N3O2. The van der Waals surface area contributed by atoms with Crippen molar-refractivity contribution in [1.29, 1.82) is 0 Å². The second-order valence-corrected chi connectivity index (χ2v) is 5.03. The van der Waals surface area contributed by atoms with Crippen LogP contribution in [0.15, 0.2) is 18.2 Å². The molecule has 0 aromatic heterocycles. The minimum Gasteiger partial charge on any atom is -0.399 e. The number of ether oxygens (including phenoxy) is 2. The number of hydrogen-bond acceptors (Lipinski definition) is 5. The molecule has 0 saturated carbocycles. The molecule has 0 spiro atoms. The lowest BCUT2D eigenvalue weighted by Gasteiger charge is -2.11. The summed E-state index contributed by atoms with van der Waals surface area (Å²) < 4.78 is 10.9. The molecule has 1 aromatic rings. The average Bonchev–Trinajstić information content (AvgIpc) is 2.40. The minimum atomic E-state index is 0.635. The van der Waals surface area contributed by atoms with Crippen LogP contribution in [0, 0.1) is 6.92 Å². The van der Waals surface area contributed by atoms with Gasteiger partial charge in [-0.1, -0.05) is 0 Å². The zero-order valence-electron chi connectivity index (χ0n) is 12.8. The number of rotatable bonds is 10. The van der Waals surface area contributed by atoms with E-state index in [1.54, 1.807) is 0 Å². The normalized spacial score (nSPS) is 11.0. The highest BCUT2D eigenvalue weighted by molar-refractivity contribution is 5.56. The number of aryl methyl sites for hydroxylation is 1. The Morgan fingerprint density at radius 1 is 1.10 bits per heavy atom. The first-order valence-corrected chi connectivity index (χ1v) is 7.00. The van der Waals surface area contributed by atoms with Gasteiger partial charge in [-0.3, -0.25) is 0 Å². The fourth-order valence-electron chi connectivity index (χ4n) is 1.62. The first-order chi connectivity index (χ1) is 9.59. The van der Waals surface area contributed by atoms with E-state index >= 15 is 0 Å². The molecule has 5 heteroatoms. The number of nitrogens with two attached hydrogens (primary N) is 1. The maximum Gasteiger partial charge on any atom is 0.0701 e. The van der Waals surface area contributed by atoms with Crippen molar-refractivity contribution in [2.24, 2.45) is 0 Å². The van der Waals surface area contributed by atoms with E-state index in [0.29, 0.717) is 19.8 Å². The summed E-state index contributed by atoms with van der Waals surface area (Å²) in [5.74, 6) is 0. The molecule has 0 heterocycles. The highest BCUT2D eigenvalue weighted by atomic mass is 16.5. The van der Waals surface area contributed by atoms with Gasteiger partial charge in [-0.05, 0) is 44.8 Å². The Kier molecular flexibility index (Phi) is 8.02. The first kappa shape index (κ1) is 16.8. The SMILES string of the molecule is Cc1cc(NCCOCCOCCN(C)C)ccc1N. The molecule has 20 heavy (non-hydrogen) atoms. The van der Waals surface area contributed by atoms with Crippen molar-refractivity contribution in [1.82, 2.24) is 4.90 Å². The summed E-state index contributed by atoms with van der Waals surface area (Å²) in [5, 5.41) is 3.30. The molecule has 0 fully saturated rings. The molecule has 0 amide bonds. The molecule has 0 atom stereocenters. The predicted molar refractivity (Wildman–Crippen MR) is 84.3 cm³/mol. The van der Waals surface area contributed by atoms with Crippen molar-refractivity contribution in [2.75, 3.05) is 64.7 Å². The fraction of sp³-hybridized carbons (Fsp3) is 0.600. The summed E-state index contributed by atoms with van der Waals surface area (Å²) in [6.45, 7) is 6.42. The van der Waals surface area contributed by atoms with Crippen molar-refractivity contribution in [3.05, 3.63) is 23.8 Å². The van der Waals surface area contributed by atoms with Gasteiger partial charge in [0.25, 0.3) is 0 Å². The molecule has 1 aromatic carbocycles. The van der Waals surface area contributed by atoms with Gasteiger partial charge in [-0.25, -0.2) is 0 Å². The third-order valence-corrected chi connectivity index (χ3v) is 2.90. The molecular weight excluding hydrogens is 254 g/mol. The van der Waals surface area contributed by atoms with E-state index in [-0.39, 0.29) is 0 Å². The van der Waals surface area contributed by atoms with Gasteiger partial charge < -0.3 is 25.4 Å². The van der Waals surface area contributed by atoms with Crippen molar-refractivity contribution in [3.63, 3.8) is 0 Å². The summed E-state index contributed by atoms with van der Waals surface area (Å²) in [6.07, 6.45) is 0. The lowest BCUT2D eigenvalue weighted by atomic mass is 10.2. The second-order valence-electron chi connectivity index (χ2n) is 5.03. The Hall–Kier alpha value is -1.30. The number of nitrogen functional groups attached to an aromatic ring is 1. The summed E-state index contributed by atoms with van der Waals surface area (Å²) in [7, 11) is 4.06. The Labute approximate surface area is 122 Å². The lowest BCUT2D eigenvalue weighted by Crippen LogP contribution is -2.19. The van der Waals surface area contributed by atoms with E-state index in [1.807, 2.05) is 39.2 Å². The van der Waals surface area contributed by atoms with Gasteiger partial charge >= 0.3 is 0 Å². The van der Waals surface area contributed by atoms with Crippen LogP contribution in [-0.4, -0.2) is 58.5 Å². The zero-order valence-corrected chi connectivity index (χ0v) is 12.8. The third-order valence-electron chi connectivity index (χ3n) is 2.90. The second kappa shape index (κ2) is 9.58. The quantitative estimate of drug-likeness (QED) is 0.504. The van der Waals surface area contributed by atoms with Crippen LogP contribution in [0.25, 0.3) is 0 Å². The third kappa shape index (κ3) is 7.33. The summed E-state index contributed by atoms with van der Waals surface area (Å²) in [6, 6.07) is 5.93. The minimum absolute atomic E-state index is 0.635. The van der Waals surface area contributed by atoms with E-state index in [9.17, 15) is 0 Å². The van der Waals surface area contributed by atoms with Gasteiger partial charge in [-0.15, -0.1) is 0 Å². The standard InChI is InChI=1S/C15H27N3O2/c1-13-12-14(4-5-15(13)16)17-6-8-19-10-11-20-9-7-18(2)3/h4-5,12,17H,6-11,16H2,1-3H3. The maximum atomic E-state index is 5.77. The van der Waals surface area contributed by atoms with Crippen LogP contribution in [0.5, 0.6) is 0 Å². The van der Waals surface area contributed by atoms with Gasteiger partial charge in [0.2, 0.25) is 0 Å². The van der Waals surface area contributed by atoms with Crippen LogP contribution in [0.3, 0.4) is 0 Å². The van der Waals surface area contributed by atoms with Crippen LogP contribution in [0.1, 0.15) is 5.56 Å².